The van der Waals surface area contributed by atoms with E-state index in [1.807, 2.05) is 53.4 Å². The molecule has 1 amide bonds. The molecular formula is C24H30N2O3. The van der Waals surface area contributed by atoms with Crippen LogP contribution >= 0.6 is 0 Å². The Kier molecular flexibility index (Phi) is 7.85. The molecule has 1 unspecified atom stereocenters. The molecule has 1 fully saturated rings. The third kappa shape index (κ3) is 6.44. The summed E-state index contributed by atoms with van der Waals surface area (Å²) < 4.78 is 10.7. The first-order valence-corrected chi connectivity index (χ1v) is 10.1. The number of ether oxygens (including phenoxy) is 2. The summed E-state index contributed by atoms with van der Waals surface area (Å²) >= 11 is 0. The van der Waals surface area contributed by atoms with Gasteiger partial charge in [0, 0.05) is 38.3 Å². The fourth-order valence-electron chi connectivity index (χ4n) is 3.50. The highest BCUT2D eigenvalue weighted by atomic mass is 16.5. The monoisotopic (exact) mass is 394 g/mol. The summed E-state index contributed by atoms with van der Waals surface area (Å²) in [6.45, 7) is 6.90. The second kappa shape index (κ2) is 10.8. The van der Waals surface area contributed by atoms with E-state index in [2.05, 4.69) is 24.0 Å². The lowest BCUT2D eigenvalue weighted by molar-refractivity contribution is -0.129. The van der Waals surface area contributed by atoms with E-state index in [0.717, 1.165) is 49.7 Å². The standard InChI is InChI=1S/C24H30N2O3/c1-20(18-25-13-15-29-16-14-25)26(19-22-7-4-3-5-8-22)24(27)12-11-21-9-6-10-23(17-21)28-2/h3-12,17,20H,13-16,18-19H2,1-2H3/b12-11+. The molecule has 1 atom stereocenters. The number of nitrogens with zero attached hydrogens (tertiary/aromatic N) is 2. The highest BCUT2D eigenvalue weighted by Gasteiger charge is 2.22. The number of benzene rings is 2. The molecule has 0 N–H and O–H groups in total. The third-order valence-electron chi connectivity index (χ3n) is 5.15. The summed E-state index contributed by atoms with van der Waals surface area (Å²) in [5.74, 6) is 0.791. The zero-order valence-electron chi connectivity index (χ0n) is 17.3. The van der Waals surface area contributed by atoms with Gasteiger partial charge in [0.2, 0.25) is 5.91 Å². The first kappa shape index (κ1) is 21.1. The number of hydrogen-bond acceptors (Lipinski definition) is 4. The fourth-order valence-corrected chi connectivity index (χ4v) is 3.50. The summed E-state index contributed by atoms with van der Waals surface area (Å²) in [4.78, 5) is 17.4. The van der Waals surface area contributed by atoms with Crippen LogP contribution in [-0.2, 0) is 16.1 Å². The molecule has 3 rings (SSSR count). The SMILES string of the molecule is COc1cccc(/C=C/C(=O)N(Cc2ccccc2)C(C)CN2CCOCC2)c1. The maximum atomic E-state index is 13.1. The predicted octanol–water partition coefficient (Wildman–Crippen LogP) is 3.46. The molecule has 29 heavy (non-hydrogen) atoms. The second-order valence-electron chi connectivity index (χ2n) is 7.32. The van der Waals surface area contributed by atoms with Crippen molar-refractivity contribution < 1.29 is 14.3 Å². The zero-order valence-corrected chi connectivity index (χ0v) is 17.3. The van der Waals surface area contributed by atoms with Crippen LogP contribution in [0.5, 0.6) is 5.75 Å². The lowest BCUT2D eigenvalue weighted by atomic mass is 10.1. The Balaban J connectivity index is 1.73. The van der Waals surface area contributed by atoms with E-state index in [1.165, 1.54) is 0 Å². The Morgan fingerprint density at radius 3 is 2.66 bits per heavy atom. The predicted molar refractivity (Wildman–Crippen MR) is 116 cm³/mol. The van der Waals surface area contributed by atoms with Crippen molar-refractivity contribution in [2.24, 2.45) is 0 Å². The van der Waals surface area contributed by atoms with E-state index in [4.69, 9.17) is 9.47 Å². The van der Waals surface area contributed by atoms with Crippen LogP contribution < -0.4 is 4.74 Å². The Morgan fingerprint density at radius 1 is 1.17 bits per heavy atom. The summed E-state index contributed by atoms with van der Waals surface area (Å²) in [7, 11) is 1.64. The Labute approximate surface area is 173 Å². The average molecular weight is 395 g/mol. The normalized spacial score (nSPS) is 15.9. The molecule has 0 aliphatic carbocycles. The van der Waals surface area contributed by atoms with Crippen LogP contribution in [-0.4, -0.2) is 61.7 Å². The molecule has 2 aromatic rings. The Hall–Kier alpha value is -2.63. The van der Waals surface area contributed by atoms with Crippen LogP contribution in [0.3, 0.4) is 0 Å². The van der Waals surface area contributed by atoms with Crippen LogP contribution in [0.1, 0.15) is 18.1 Å². The van der Waals surface area contributed by atoms with Crippen molar-refractivity contribution in [2.75, 3.05) is 40.0 Å². The maximum Gasteiger partial charge on any atom is 0.247 e. The minimum absolute atomic E-state index is 0.0115. The number of rotatable bonds is 8. The van der Waals surface area contributed by atoms with Gasteiger partial charge >= 0.3 is 0 Å². The number of amides is 1. The number of morpholine rings is 1. The van der Waals surface area contributed by atoms with Crippen molar-refractivity contribution in [3.05, 3.63) is 71.8 Å². The van der Waals surface area contributed by atoms with Crippen molar-refractivity contribution >= 4 is 12.0 Å². The molecule has 1 aliphatic heterocycles. The largest absolute Gasteiger partial charge is 0.497 e. The molecule has 0 aromatic heterocycles. The van der Waals surface area contributed by atoms with Gasteiger partial charge in [0.05, 0.1) is 20.3 Å². The lowest BCUT2D eigenvalue weighted by Crippen LogP contribution is -2.47. The summed E-state index contributed by atoms with van der Waals surface area (Å²) in [5.41, 5.74) is 2.07. The zero-order chi connectivity index (χ0) is 20.5. The van der Waals surface area contributed by atoms with Gasteiger partial charge in [-0.2, -0.15) is 0 Å². The van der Waals surface area contributed by atoms with E-state index < -0.39 is 0 Å². The van der Waals surface area contributed by atoms with Crippen molar-refractivity contribution in [1.29, 1.82) is 0 Å². The second-order valence-corrected chi connectivity index (χ2v) is 7.32. The number of carbonyl (C=O) groups is 1. The van der Waals surface area contributed by atoms with Gasteiger partial charge in [-0.1, -0.05) is 42.5 Å². The topological polar surface area (TPSA) is 42.0 Å². The van der Waals surface area contributed by atoms with E-state index >= 15 is 0 Å². The minimum Gasteiger partial charge on any atom is -0.497 e. The Bertz CT molecular complexity index is 801. The molecule has 1 heterocycles. The first-order valence-electron chi connectivity index (χ1n) is 10.1. The summed E-state index contributed by atoms with van der Waals surface area (Å²) in [5, 5.41) is 0. The molecule has 2 aromatic carbocycles. The fraction of sp³-hybridized carbons (Fsp3) is 0.375. The molecule has 1 aliphatic rings. The molecule has 154 valence electrons. The molecule has 1 saturated heterocycles. The van der Waals surface area contributed by atoms with Gasteiger partial charge in [0.15, 0.2) is 0 Å². The third-order valence-corrected chi connectivity index (χ3v) is 5.15. The Morgan fingerprint density at radius 2 is 1.93 bits per heavy atom. The van der Waals surface area contributed by atoms with Crippen LogP contribution in [0.2, 0.25) is 0 Å². The van der Waals surface area contributed by atoms with Crippen LogP contribution in [0.25, 0.3) is 6.08 Å². The molecule has 0 saturated carbocycles. The highest BCUT2D eigenvalue weighted by molar-refractivity contribution is 5.92. The van der Waals surface area contributed by atoms with E-state index in [1.54, 1.807) is 13.2 Å². The van der Waals surface area contributed by atoms with Crippen molar-refractivity contribution in [1.82, 2.24) is 9.80 Å². The number of methoxy groups -OCH3 is 1. The van der Waals surface area contributed by atoms with Gasteiger partial charge in [0.25, 0.3) is 0 Å². The molecular weight excluding hydrogens is 364 g/mol. The van der Waals surface area contributed by atoms with Crippen LogP contribution in [0.4, 0.5) is 0 Å². The first-order chi connectivity index (χ1) is 14.2. The molecule has 0 bridgehead atoms. The smallest absolute Gasteiger partial charge is 0.247 e. The van der Waals surface area contributed by atoms with Crippen molar-refractivity contribution in [3.63, 3.8) is 0 Å². The highest BCUT2D eigenvalue weighted by Crippen LogP contribution is 2.15. The quantitative estimate of drug-likeness (QED) is 0.643. The minimum atomic E-state index is 0.0115. The molecule has 0 radical (unpaired) electrons. The van der Waals surface area contributed by atoms with Crippen LogP contribution in [0.15, 0.2) is 60.7 Å². The molecule has 0 spiro atoms. The number of hydrogen-bond donors (Lipinski definition) is 0. The van der Waals surface area contributed by atoms with Gasteiger partial charge in [-0.3, -0.25) is 9.69 Å². The summed E-state index contributed by atoms with van der Waals surface area (Å²) in [6.07, 6.45) is 3.51. The van der Waals surface area contributed by atoms with Crippen molar-refractivity contribution in [3.8, 4) is 5.75 Å². The molecule has 5 heteroatoms. The van der Waals surface area contributed by atoms with E-state index in [-0.39, 0.29) is 11.9 Å². The van der Waals surface area contributed by atoms with Gasteiger partial charge in [-0.15, -0.1) is 0 Å². The van der Waals surface area contributed by atoms with Crippen LogP contribution in [0, 0.1) is 0 Å². The number of carbonyl (C=O) groups excluding carboxylic acids is 1. The van der Waals surface area contributed by atoms with E-state index in [0.29, 0.717) is 6.54 Å². The van der Waals surface area contributed by atoms with Gasteiger partial charge in [-0.25, -0.2) is 0 Å². The van der Waals surface area contributed by atoms with E-state index in [9.17, 15) is 4.79 Å². The average Bonchev–Trinajstić information content (AvgIpc) is 2.77. The van der Waals surface area contributed by atoms with Gasteiger partial charge < -0.3 is 14.4 Å². The summed E-state index contributed by atoms with van der Waals surface area (Å²) in [6, 6.07) is 17.9. The molecule has 5 nitrogen and oxygen atoms in total. The van der Waals surface area contributed by atoms with Gasteiger partial charge in [0.1, 0.15) is 5.75 Å². The van der Waals surface area contributed by atoms with Gasteiger partial charge in [-0.05, 0) is 36.3 Å². The maximum absolute atomic E-state index is 13.1. The van der Waals surface area contributed by atoms with Crippen molar-refractivity contribution in [2.45, 2.75) is 19.5 Å². The lowest BCUT2D eigenvalue weighted by Gasteiger charge is -2.34.